The van der Waals surface area contributed by atoms with Gasteiger partial charge in [0.15, 0.2) is 0 Å². The van der Waals surface area contributed by atoms with Crippen molar-refractivity contribution in [1.82, 2.24) is 14.9 Å². The molecule has 1 atom stereocenters. The minimum Gasteiger partial charge on any atom is -0.441 e. The Hall–Kier alpha value is -2.21. The number of hydrogen-bond donors (Lipinski definition) is 0. The highest BCUT2D eigenvalue weighted by molar-refractivity contribution is 6.30. The second kappa shape index (κ2) is 8.86. The number of aromatic nitrogens is 2. The fourth-order valence-electron chi connectivity index (χ4n) is 3.51. The third kappa shape index (κ3) is 4.79. The molecule has 0 amide bonds. The maximum atomic E-state index is 5.99. The first-order chi connectivity index (χ1) is 13.7. The van der Waals surface area contributed by atoms with E-state index in [2.05, 4.69) is 22.0 Å². The molecule has 0 aliphatic carbocycles. The van der Waals surface area contributed by atoms with E-state index in [1.165, 1.54) is 5.56 Å². The van der Waals surface area contributed by atoms with Crippen molar-refractivity contribution < 1.29 is 9.15 Å². The highest BCUT2D eigenvalue weighted by Gasteiger charge is 2.22. The van der Waals surface area contributed by atoms with Crippen molar-refractivity contribution in [2.24, 2.45) is 0 Å². The topological polar surface area (TPSA) is 51.4 Å². The van der Waals surface area contributed by atoms with Gasteiger partial charge in [-0.3, -0.25) is 9.88 Å². The van der Waals surface area contributed by atoms with Gasteiger partial charge >= 0.3 is 0 Å². The van der Waals surface area contributed by atoms with Crippen molar-refractivity contribution in [2.75, 3.05) is 13.2 Å². The number of pyridine rings is 1. The molecule has 1 fully saturated rings. The van der Waals surface area contributed by atoms with E-state index in [0.29, 0.717) is 17.5 Å². The molecule has 0 saturated carbocycles. The zero-order valence-corrected chi connectivity index (χ0v) is 16.7. The van der Waals surface area contributed by atoms with Crippen LogP contribution in [0.3, 0.4) is 0 Å². The number of aryl methyl sites for hydroxylation is 1. The number of oxazole rings is 1. The molecule has 0 bridgehead atoms. The van der Waals surface area contributed by atoms with Crippen molar-refractivity contribution in [1.29, 1.82) is 0 Å². The lowest BCUT2D eigenvalue weighted by Gasteiger charge is -2.24. The molecule has 1 aliphatic rings. The summed E-state index contributed by atoms with van der Waals surface area (Å²) >= 11 is 5.99. The van der Waals surface area contributed by atoms with Gasteiger partial charge in [0.2, 0.25) is 5.89 Å². The molecular weight excluding hydrogens is 374 g/mol. The molecule has 2 aromatic heterocycles. The van der Waals surface area contributed by atoms with Crippen LogP contribution in [-0.4, -0.2) is 34.1 Å². The molecule has 0 radical (unpaired) electrons. The third-order valence-corrected chi connectivity index (χ3v) is 5.25. The average molecular weight is 398 g/mol. The summed E-state index contributed by atoms with van der Waals surface area (Å²) in [6, 6.07) is 11.7. The smallest absolute Gasteiger partial charge is 0.226 e. The van der Waals surface area contributed by atoms with E-state index in [-0.39, 0.29) is 6.10 Å². The molecular formula is C22H24ClN3O2. The van der Waals surface area contributed by atoms with Gasteiger partial charge in [-0.25, -0.2) is 4.98 Å². The van der Waals surface area contributed by atoms with E-state index < -0.39 is 0 Å². The Bertz CT molecular complexity index is 890. The van der Waals surface area contributed by atoms with Crippen LogP contribution < -0.4 is 0 Å². The second-order valence-electron chi connectivity index (χ2n) is 7.19. The highest BCUT2D eigenvalue weighted by atomic mass is 35.5. The number of halogens is 1. The zero-order valence-electron chi connectivity index (χ0n) is 16.0. The summed E-state index contributed by atoms with van der Waals surface area (Å²) in [7, 11) is 0. The molecule has 3 heterocycles. The number of hydrogen-bond acceptors (Lipinski definition) is 5. The molecule has 0 N–H and O–H groups in total. The van der Waals surface area contributed by atoms with Crippen LogP contribution in [0, 0.1) is 6.92 Å². The van der Waals surface area contributed by atoms with Gasteiger partial charge in [0.1, 0.15) is 5.76 Å². The minimum atomic E-state index is 0.282. The summed E-state index contributed by atoms with van der Waals surface area (Å²) in [5, 5.41) is 0.701. The van der Waals surface area contributed by atoms with E-state index in [1.807, 2.05) is 43.6 Å². The van der Waals surface area contributed by atoms with Crippen LogP contribution in [0.25, 0.3) is 11.5 Å². The predicted molar refractivity (Wildman–Crippen MR) is 109 cm³/mol. The first-order valence-electron chi connectivity index (χ1n) is 9.62. The molecule has 146 valence electrons. The van der Waals surface area contributed by atoms with Crippen LogP contribution in [0.15, 0.2) is 53.2 Å². The van der Waals surface area contributed by atoms with Gasteiger partial charge < -0.3 is 9.15 Å². The van der Waals surface area contributed by atoms with E-state index in [9.17, 15) is 0 Å². The van der Waals surface area contributed by atoms with Gasteiger partial charge in [-0.15, -0.1) is 0 Å². The van der Waals surface area contributed by atoms with Crippen molar-refractivity contribution in [3.05, 3.63) is 70.8 Å². The third-order valence-electron chi connectivity index (χ3n) is 5.00. The molecule has 0 spiro atoms. The summed E-state index contributed by atoms with van der Waals surface area (Å²) in [5.41, 5.74) is 3.11. The molecule has 28 heavy (non-hydrogen) atoms. The van der Waals surface area contributed by atoms with Gasteiger partial charge in [0.25, 0.3) is 0 Å². The molecule has 3 aromatic rings. The molecule has 1 aliphatic heterocycles. The van der Waals surface area contributed by atoms with Gasteiger partial charge in [-0.1, -0.05) is 11.6 Å². The standard InChI is InChI=1S/C22H24ClN3O2/c1-16-21(25-22(28-16)18-4-6-19(23)7-5-18)15-26(14-20-3-2-12-27-20)13-17-8-10-24-11-9-17/h4-11,20H,2-3,12-15H2,1H3. The average Bonchev–Trinajstić information content (AvgIpc) is 3.33. The lowest BCUT2D eigenvalue weighted by atomic mass is 10.2. The van der Waals surface area contributed by atoms with Crippen LogP contribution in [0.2, 0.25) is 5.02 Å². The van der Waals surface area contributed by atoms with E-state index in [1.54, 1.807) is 0 Å². The van der Waals surface area contributed by atoms with E-state index in [0.717, 1.165) is 49.6 Å². The molecule has 6 heteroatoms. The Morgan fingerprint density at radius 3 is 2.61 bits per heavy atom. The fraction of sp³-hybridized carbons (Fsp3) is 0.364. The number of benzene rings is 1. The summed E-state index contributed by atoms with van der Waals surface area (Å²) in [4.78, 5) is 11.3. The maximum absolute atomic E-state index is 5.99. The van der Waals surface area contributed by atoms with Crippen LogP contribution in [0.1, 0.15) is 29.9 Å². The molecule has 1 unspecified atom stereocenters. The Balaban J connectivity index is 1.52. The Morgan fingerprint density at radius 1 is 1.11 bits per heavy atom. The number of rotatable bonds is 7. The predicted octanol–water partition coefficient (Wildman–Crippen LogP) is 4.88. The van der Waals surface area contributed by atoms with Gasteiger partial charge in [0, 0.05) is 49.2 Å². The summed E-state index contributed by atoms with van der Waals surface area (Å²) in [6.45, 7) is 5.25. The van der Waals surface area contributed by atoms with Gasteiger partial charge in [-0.2, -0.15) is 0 Å². The first kappa shape index (κ1) is 19.1. The Morgan fingerprint density at radius 2 is 1.89 bits per heavy atom. The summed E-state index contributed by atoms with van der Waals surface area (Å²) in [6.07, 6.45) is 6.20. The number of nitrogens with zero attached hydrogens (tertiary/aromatic N) is 3. The van der Waals surface area contributed by atoms with Gasteiger partial charge in [0.05, 0.1) is 11.8 Å². The van der Waals surface area contributed by atoms with E-state index >= 15 is 0 Å². The molecule has 5 nitrogen and oxygen atoms in total. The lowest BCUT2D eigenvalue weighted by Crippen LogP contribution is -2.31. The van der Waals surface area contributed by atoms with Crippen LogP contribution in [0.5, 0.6) is 0 Å². The monoisotopic (exact) mass is 397 g/mol. The largest absolute Gasteiger partial charge is 0.441 e. The maximum Gasteiger partial charge on any atom is 0.226 e. The van der Waals surface area contributed by atoms with Gasteiger partial charge in [-0.05, 0) is 61.7 Å². The van der Waals surface area contributed by atoms with Crippen molar-refractivity contribution in [3.8, 4) is 11.5 Å². The van der Waals surface area contributed by atoms with E-state index in [4.69, 9.17) is 25.7 Å². The van der Waals surface area contributed by atoms with Crippen LogP contribution in [-0.2, 0) is 17.8 Å². The van der Waals surface area contributed by atoms with Crippen LogP contribution >= 0.6 is 11.6 Å². The Labute approximate surface area is 170 Å². The minimum absolute atomic E-state index is 0.282. The molecule has 1 aromatic carbocycles. The molecule has 4 rings (SSSR count). The number of ether oxygens (including phenoxy) is 1. The second-order valence-corrected chi connectivity index (χ2v) is 7.63. The van der Waals surface area contributed by atoms with Crippen molar-refractivity contribution >= 4 is 11.6 Å². The molecule has 1 saturated heterocycles. The Kier molecular flexibility index (Phi) is 6.05. The lowest BCUT2D eigenvalue weighted by molar-refractivity contribution is 0.0673. The first-order valence-corrected chi connectivity index (χ1v) is 10.0. The zero-order chi connectivity index (χ0) is 19.3. The van der Waals surface area contributed by atoms with Crippen molar-refractivity contribution in [2.45, 2.75) is 39.0 Å². The summed E-state index contributed by atoms with van der Waals surface area (Å²) < 4.78 is 11.8. The van der Waals surface area contributed by atoms with Crippen molar-refractivity contribution in [3.63, 3.8) is 0 Å². The fourth-order valence-corrected chi connectivity index (χ4v) is 3.64. The quantitative estimate of drug-likeness (QED) is 0.568. The SMILES string of the molecule is Cc1oc(-c2ccc(Cl)cc2)nc1CN(Cc1ccncc1)CC1CCCO1. The summed E-state index contributed by atoms with van der Waals surface area (Å²) in [5.74, 6) is 1.47. The normalized spacial score (nSPS) is 16.8. The highest BCUT2D eigenvalue weighted by Crippen LogP contribution is 2.25. The van der Waals surface area contributed by atoms with Crippen LogP contribution in [0.4, 0.5) is 0 Å².